The Hall–Kier alpha value is -0.360. The van der Waals surface area contributed by atoms with E-state index in [2.05, 4.69) is 31.9 Å². The molecule has 54 valence electrons. The fraction of sp³-hybridized carbons (Fsp3) is 0. The van der Waals surface area contributed by atoms with E-state index in [4.69, 9.17) is 0 Å². The molecule has 1 N–H and O–H groups in total. The number of hydrogen-bond acceptors (Lipinski definition) is 2. The molecule has 0 fully saturated rings. The van der Waals surface area contributed by atoms with Crippen LogP contribution >= 0.6 is 31.9 Å². The molecule has 1 aromatic rings. The molecule has 0 radical (unpaired) electrons. The lowest BCUT2D eigenvalue weighted by Gasteiger charge is -1.95. The second kappa shape index (κ2) is 2.71. The minimum atomic E-state index is -0.446. The first-order valence-electron chi connectivity index (χ1n) is 2.29. The van der Waals surface area contributed by atoms with Gasteiger partial charge in [0.15, 0.2) is 0 Å². The molecule has 0 aromatic carbocycles. The lowest BCUT2D eigenvalue weighted by atomic mass is 10.6. The molecule has 0 saturated carbocycles. The van der Waals surface area contributed by atoms with E-state index in [9.17, 15) is 10.0 Å². The van der Waals surface area contributed by atoms with Gasteiger partial charge in [0.2, 0.25) is 0 Å². The first-order valence-corrected chi connectivity index (χ1v) is 3.88. The molecule has 6 heteroatoms. The van der Waals surface area contributed by atoms with E-state index in [1.165, 1.54) is 6.07 Å². The fourth-order valence-corrected chi connectivity index (χ4v) is 1.36. The van der Waals surface area contributed by atoms with Crippen molar-refractivity contribution < 1.29 is 4.85 Å². The summed E-state index contributed by atoms with van der Waals surface area (Å²) in [5, 5.41) is 12.6. The first-order chi connectivity index (χ1) is 4.61. The first kappa shape index (κ1) is 7.74. The highest BCUT2D eigenvalue weighted by molar-refractivity contribution is 9.11. The van der Waals surface area contributed by atoms with Crippen LogP contribution in [0.4, 0.5) is 0 Å². The third-order valence-electron chi connectivity index (χ3n) is 0.860. The summed E-state index contributed by atoms with van der Waals surface area (Å²) in [6.45, 7) is 0. The standard InChI is InChI=1S/C4H2Br2N2O2/c5-2-1-3(6)8(10)7-4(2)9/h1H,(H,7,9). The van der Waals surface area contributed by atoms with Crippen molar-refractivity contribution in [3.8, 4) is 0 Å². The summed E-state index contributed by atoms with van der Waals surface area (Å²) in [5.74, 6) is 0. The Bertz CT molecular complexity index is 309. The van der Waals surface area contributed by atoms with Crippen molar-refractivity contribution in [3.63, 3.8) is 0 Å². The van der Waals surface area contributed by atoms with E-state index in [-0.39, 0.29) is 4.60 Å². The molecule has 0 aliphatic rings. The van der Waals surface area contributed by atoms with Gasteiger partial charge in [0.1, 0.15) is 0 Å². The molecule has 10 heavy (non-hydrogen) atoms. The summed E-state index contributed by atoms with van der Waals surface area (Å²) in [6, 6.07) is 1.38. The van der Waals surface area contributed by atoms with Crippen molar-refractivity contribution in [1.29, 1.82) is 0 Å². The highest BCUT2D eigenvalue weighted by Crippen LogP contribution is 2.06. The monoisotopic (exact) mass is 268 g/mol. The molecule has 0 spiro atoms. The molecule has 0 aliphatic heterocycles. The van der Waals surface area contributed by atoms with Crippen molar-refractivity contribution in [2.75, 3.05) is 0 Å². The maximum Gasteiger partial charge on any atom is 0.313 e. The molecular formula is C4H2Br2N2O2. The third-order valence-corrected chi connectivity index (χ3v) is 2.00. The van der Waals surface area contributed by atoms with Gasteiger partial charge in [-0.15, -0.1) is 5.10 Å². The van der Waals surface area contributed by atoms with Gasteiger partial charge in [-0.05, 0) is 15.9 Å². The highest BCUT2D eigenvalue weighted by Gasteiger charge is 2.04. The van der Waals surface area contributed by atoms with Gasteiger partial charge in [0.05, 0.1) is 4.47 Å². The normalized spacial score (nSPS) is 9.80. The number of aromatic nitrogens is 2. The summed E-state index contributed by atoms with van der Waals surface area (Å²) in [7, 11) is 0. The zero-order valence-electron chi connectivity index (χ0n) is 4.60. The Labute approximate surface area is 72.7 Å². The predicted molar refractivity (Wildman–Crippen MR) is 41.4 cm³/mol. The summed E-state index contributed by atoms with van der Waals surface area (Å²) >= 11 is 5.88. The summed E-state index contributed by atoms with van der Waals surface area (Å²) in [4.78, 5) is 11.0. The van der Waals surface area contributed by atoms with Crippen molar-refractivity contribution in [3.05, 3.63) is 30.7 Å². The van der Waals surface area contributed by atoms with Gasteiger partial charge in [0, 0.05) is 22.0 Å². The average molecular weight is 270 g/mol. The maximum atomic E-state index is 10.6. The summed E-state index contributed by atoms with van der Waals surface area (Å²) in [6.07, 6.45) is 0. The molecule has 0 saturated heterocycles. The lowest BCUT2D eigenvalue weighted by Crippen LogP contribution is -2.38. The van der Waals surface area contributed by atoms with Crippen molar-refractivity contribution in [1.82, 2.24) is 5.10 Å². The Morgan fingerprint density at radius 3 is 2.70 bits per heavy atom. The molecule has 0 aliphatic carbocycles. The summed E-state index contributed by atoms with van der Waals surface area (Å²) < 4.78 is 0.588. The van der Waals surface area contributed by atoms with E-state index in [0.29, 0.717) is 9.32 Å². The number of H-pyrrole nitrogens is 1. The molecule has 0 bridgehead atoms. The quantitative estimate of drug-likeness (QED) is 0.552. The molecule has 0 unspecified atom stereocenters. The molecule has 1 rings (SSSR count). The number of hydrogen-bond donors (Lipinski definition) is 1. The van der Waals surface area contributed by atoms with Crippen LogP contribution in [0.5, 0.6) is 0 Å². The van der Waals surface area contributed by atoms with Crippen LogP contribution in [0.1, 0.15) is 0 Å². The van der Waals surface area contributed by atoms with Crippen molar-refractivity contribution in [2.24, 2.45) is 0 Å². The average Bonchev–Trinajstić information content (AvgIpc) is 1.84. The highest BCUT2D eigenvalue weighted by atomic mass is 79.9. The SMILES string of the molecule is O=c1[nH][n+]([O-])c(Br)cc1Br. The number of aromatic amines is 1. The predicted octanol–water partition coefficient (Wildman–Crippen LogP) is 0.533. The second-order valence-corrected chi connectivity index (χ2v) is 3.22. The zero-order chi connectivity index (χ0) is 7.72. The number of nitrogens with one attached hydrogen (secondary N) is 1. The number of nitrogens with zero attached hydrogens (tertiary/aromatic N) is 1. The van der Waals surface area contributed by atoms with Crippen molar-refractivity contribution in [2.45, 2.75) is 0 Å². The maximum absolute atomic E-state index is 10.6. The Morgan fingerprint density at radius 1 is 1.60 bits per heavy atom. The topological polar surface area (TPSA) is 59.8 Å². The van der Waals surface area contributed by atoms with E-state index < -0.39 is 5.56 Å². The van der Waals surface area contributed by atoms with Crippen molar-refractivity contribution >= 4 is 31.9 Å². The van der Waals surface area contributed by atoms with E-state index >= 15 is 0 Å². The van der Waals surface area contributed by atoms with Gasteiger partial charge >= 0.3 is 5.56 Å². The smallest absolute Gasteiger partial charge is 0.313 e. The van der Waals surface area contributed by atoms with E-state index in [1.807, 2.05) is 5.10 Å². The van der Waals surface area contributed by atoms with Gasteiger partial charge in [0.25, 0.3) is 4.60 Å². The van der Waals surface area contributed by atoms with Crippen LogP contribution < -0.4 is 10.4 Å². The Kier molecular flexibility index (Phi) is 2.10. The van der Waals surface area contributed by atoms with Crippen LogP contribution in [0.3, 0.4) is 0 Å². The molecule has 0 atom stereocenters. The largest absolute Gasteiger partial charge is 0.595 e. The van der Waals surface area contributed by atoms with E-state index in [0.717, 1.165) is 0 Å². The third kappa shape index (κ3) is 1.38. The van der Waals surface area contributed by atoms with Crippen LogP contribution in [0.15, 0.2) is 19.9 Å². The molecule has 4 nitrogen and oxygen atoms in total. The Morgan fingerprint density at radius 2 is 2.20 bits per heavy atom. The van der Waals surface area contributed by atoms with Gasteiger partial charge < -0.3 is 5.21 Å². The van der Waals surface area contributed by atoms with Gasteiger partial charge in [-0.1, -0.05) is 4.85 Å². The van der Waals surface area contributed by atoms with Gasteiger partial charge in [-0.3, -0.25) is 4.79 Å². The van der Waals surface area contributed by atoms with Crippen LogP contribution in [0, 0.1) is 5.21 Å². The molecule has 1 heterocycles. The zero-order valence-corrected chi connectivity index (χ0v) is 7.77. The number of rotatable bonds is 0. The number of halogens is 2. The van der Waals surface area contributed by atoms with Crippen LogP contribution in [0.2, 0.25) is 0 Å². The Balaban J connectivity index is 3.43. The minimum Gasteiger partial charge on any atom is -0.595 e. The van der Waals surface area contributed by atoms with Crippen LogP contribution in [0.25, 0.3) is 0 Å². The lowest BCUT2D eigenvalue weighted by molar-refractivity contribution is -0.681. The van der Waals surface area contributed by atoms with E-state index in [1.54, 1.807) is 0 Å². The minimum absolute atomic E-state index is 0.263. The van der Waals surface area contributed by atoms with Gasteiger partial charge in [-0.25, -0.2) is 0 Å². The summed E-state index contributed by atoms with van der Waals surface area (Å²) in [5.41, 5.74) is -0.446. The van der Waals surface area contributed by atoms with Crippen LogP contribution in [-0.4, -0.2) is 5.10 Å². The van der Waals surface area contributed by atoms with Crippen LogP contribution in [-0.2, 0) is 0 Å². The fourth-order valence-electron chi connectivity index (χ4n) is 0.428. The molecule has 0 amide bonds. The second-order valence-electron chi connectivity index (χ2n) is 1.55. The molecule has 1 aromatic heterocycles. The molecular weight excluding hydrogens is 268 g/mol. The van der Waals surface area contributed by atoms with Gasteiger partial charge in [-0.2, -0.15) is 0 Å².